The molecule has 2 aromatic carbocycles. The number of hydrogen-bond donors (Lipinski definition) is 0. The third-order valence-electron chi connectivity index (χ3n) is 3.87. The molecule has 0 saturated carbocycles. The number of sulfone groups is 1. The van der Waals surface area contributed by atoms with E-state index in [4.69, 9.17) is 4.52 Å². The zero-order valence-corrected chi connectivity index (χ0v) is 14.7. The highest BCUT2D eigenvalue weighted by atomic mass is 32.2. The number of benzene rings is 2. The van der Waals surface area contributed by atoms with Crippen molar-refractivity contribution in [3.8, 4) is 22.4 Å². The van der Waals surface area contributed by atoms with Crippen molar-refractivity contribution in [3.63, 3.8) is 0 Å². The Morgan fingerprint density at radius 2 is 1.62 bits per heavy atom. The summed E-state index contributed by atoms with van der Waals surface area (Å²) in [5.74, 6) is -2.72. The van der Waals surface area contributed by atoms with Crippen LogP contribution in [0.15, 0.2) is 45.8 Å². The van der Waals surface area contributed by atoms with Gasteiger partial charge in [-0.05, 0) is 24.6 Å². The molecule has 3 aromatic rings. The smallest absolute Gasteiger partial charge is 0.181 e. The summed E-state index contributed by atoms with van der Waals surface area (Å²) in [7, 11) is -4.10. The van der Waals surface area contributed by atoms with Crippen LogP contribution in [-0.2, 0) is 16.5 Å². The van der Waals surface area contributed by atoms with Gasteiger partial charge in [-0.3, -0.25) is 0 Å². The van der Waals surface area contributed by atoms with Crippen LogP contribution < -0.4 is 0 Å². The lowest BCUT2D eigenvalue weighted by Gasteiger charge is -2.08. The summed E-state index contributed by atoms with van der Waals surface area (Å²) in [5.41, 5.74) is 1.79. The molecule has 0 aliphatic heterocycles. The van der Waals surface area contributed by atoms with Crippen molar-refractivity contribution < 1.29 is 26.1 Å². The van der Waals surface area contributed by atoms with Gasteiger partial charge in [0.15, 0.2) is 22.3 Å². The van der Waals surface area contributed by atoms with E-state index in [-0.39, 0.29) is 22.6 Å². The minimum absolute atomic E-state index is 0.0584. The lowest BCUT2D eigenvalue weighted by molar-refractivity contribution is 0.332. The van der Waals surface area contributed by atoms with E-state index in [1.165, 1.54) is 0 Å². The maximum absolute atomic E-state index is 14.3. The van der Waals surface area contributed by atoms with Gasteiger partial charge in [0.2, 0.25) is 0 Å². The Labute approximate surface area is 148 Å². The number of nitrogens with zero attached hydrogens (tertiary/aromatic N) is 1. The van der Waals surface area contributed by atoms with E-state index in [2.05, 4.69) is 5.16 Å². The molecule has 4 nitrogen and oxygen atoms in total. The Kier molecular flexibility index (Phi) is 4.62. The van der Waals surface area contributed by atoms with Crippen LogP contribution in [0, 0.1) is 18.6 Å². The van der Waals surface area contributed by atoms with Gasteiger partial charge in [-0.15, -0.1) is 0 Å². The van der Waals surface area contributed by atoms with Crippen LogP contribution >= 0.6 is 0 Å². The first-order valence-corrected chi connectivity index (χ1v) is 9.42. The quantitative estimate of drug-likeness (QED) is 0.669. The van der Waals surface area contributed by atoms with Gasteiger partial charge >= 0.3 is 0 Å². The summed E-state index contributed by atoms with van der Waals surface area (Å²) in [6, 6.07) is 8.71. The van der Waals surface area contributed by atoms with Gasteiger partial charge in [0.1, 0.15) is 22.2 Å². The van der Waals surface area contributed by atoms with Crippen LogP contribution in [0.5, 0.6) is 0 Å². The first kappa shape index (κ1) is 18.2. The van der Waals surface area contributed by atoms with Crippen LogP contribution in [0.3, 0.4) is 0 Å². The summed E-state index contributed by atoms with van der Waals surface area (Å²) in [6.45, 7) is 0.848. The van der Waals surface area contributed by atoms with Crippen molar-refractivity contribution in [2.45, 2.75) is 18.5 Å². The molecular formula is C18H14F3NO3S. The van der Waals surface area contributed by atoms with Crippen LogP contribution in [0.25, 0.3) is 22.4 Å². The molecule has 26 heavy (non-hydrogen) atoms. The molecule has 8 heteroatoms. The second-order valence-electron chi connectivity index (χ2n) is 5.87. The lowest BCUT2D eigenvalue weighted by atomic mass is 9.98. The second kappa shape index (κ2) is 6.60. The first-order chi connectivity index (χ1) is 12.2. The molecule has 1 aromatic heterocycles. The highest BCUT2D eigenvalue weighted by Gasteiger charge is 2.25. The van der Waals surface area contributed by atoms with Crippen molar-refractivity contribution in [2.24, 2.45) is 0 Å². The molecule has 0 aliphatic carbocycles. The van der Waals surface area contributed by atoms with E-state index >= 15 is 0 Å². The van der Waals surface area contributed by atoms with E-state index in [9.17, 15) is 21.6 Å². The highest BCUT2D eigenvalue weighted by Crippen LogP contribution is 2.37. The van der Waals surface area contributed by atoms with Crippen LogP contribution in [0.1, 0.15) is 11.3 Å². The number of hydrogen-bond acceptors (Lipinski definition) is 4. The number of rotatable bonds is 4. The summed E-state index contributed by atoms with van der Waals surface area (Å²) in [4.78, 5) is -1.03. The lowest BCUT2D eigenvalue weighted by Crippen LogP contribution is -2.05. The molecule has 136 valence electrons. The summed E-state index contributed by atoms with van der Waals surface area (Å²) >= 11 is 0. The zero-order valence-electron chi connectivity index (χ0n) is 13.9. The molecule has 0 N–H and O–H groups in total. The highest BCUT2D eigenvalue weighted by molar-refractivity contribution is 7.90. The van der Waals surface area contributed by atoms with E-state index in [1.807, 2.05) is 6.92 Å². The molecule has 3 rings (SSSR count). The molecule has 0 radical (unpaired) electrons. The predicted molar refractivity (Wildman–Crippen MR) is 89.9 cm³/mol. The molecule has 1 heterocycles. The molecule has 0 aliphatic rings. The third-order valence-corrected chi connectivity index (χ3v) is 5.00. The van der Waals surface area contributed by atoms with Crippen molar-refractivity contribution in [3.05, 3.63) is 59.4 Å². The van der Waals surface area contributed by atoms with Crippen molar-refractivity contribution in [1.82, 2.24) is 5.16 Å². The monoisotopic (exact) mass is 381 g/mol. The maximum Gasteiger partial charge on any atom is 0.181 e. The maximum atomic E-state index is 14.3. The third kappa shape index (κ3) is 3.24. The fraction of sp³-hybridized carbons (Fsp3) is 0.167. The van der Waals surface area contributed by atoms with Crippen LogP contribution in [-0.4, -0.2) is 19.8 Å². The van der Waals surface area contributed by atoms with Gasteiger partial charge in [-0.25, -0.2) is 21.6 Å². The summed E-state index contributed by atoms with van der Waals surface area (Å²) in [5, 5.41) is 3.82. The van der Waals surface area contributed by atoms with Gasteiger partial charge < -0.3 is 4.52 Å². The van der Waals surface area contributed by atoms with E-state index in [0.29, 0.717) is 11.8 Å². The topological polar surface area (TPSA) is 60.2 Å². The molecule has 0 amide bonds. The van der Waals surface area contributed by atoms with Gasteiger partial charge in [-0.2, -0.15) is 0 Å². The SMILES string of the molecule is Cc1ccc(-c2noc(CF)c2-c2cc(F)c(S(C)(=O)=O)c(F)c2)cc1. The number of aromatic nitrogens is 1. The average molecular weight is 381 g/mol. The van der Waals surface area contributed by atoms with Gasteiger partial charge in [0.25, 0.3) is 0 Å². The Balaban J connectivity index is 2.24. The normalized spacial score (nSPS) is 11.7. The van der Waals surface area contributed by atoms with Gasteiger partial charge in [0.05, 0.1) is 5.56 Å². The van der Waals surface area contributed by atoms with E-state index in [0.717, 1.165) is 17.7 Å². The molecular weight excluding hydrogens is 367 g/mol. The van der Waals surface area contributed by atoms with E-state index in [1.54, 1.807) is 24.3 Å². The Morgan fingerprint density at radius 3 is 2.12 bits per heavy atom. The van der Waals surface area contributed by atoms with Crippen LogP contribution in [0.2, 0.25) is 0 Å². The second-order valence-corrected chi connectivity index (χ2v) is 7.82. The molecule has 0 bridgehead atoms. The first-order valence-electron chi connectivity index (χ1n) is 7.53. The minimum atomic E-state index is -4.10. The van der Waals surface area contributed by atoms with Crippen molar-refractivity contribution >= 4 is 9.84 Å². The Morgan fingerprint density at radius 1 is 1.04 bits per heavy atom. The largest absolute Gasteiger partial charge is 0.357 e. The number of alkyl halides is 1. The Bertz CT molecular complexity index is 1050. The van der Waals surface area contributed by atoms with Gasteiger partial charge in [-0.1, -0.05) is 35.0 Å². The number of aryl methyl sites for hydroxylation is 1. The standard InChI is InChI=1S/C18H14F3NO3S/c1-10-3-5-11(6-4-10)17-16(15(9-19)25-22-17)12-7-13(20)18(14(21)8-12)26(2,23)24/h3-8H,9H2,1-2H3. The minimum Gasteiger partial charge on any atom is -0.357 e. The van der Waals surface area contributed by atoms with Crippen LogP contribution in [0.4, 0.5) is 13.2 Å². The fourth-order valence-corrected chi connectivity index (χ4v) is 3.51. The fourth-order valence-electron chi connectivity index (χ4n) is 2.68. The molecule has 0 unspecified atom stereocenters. The average Bonchev–Trinajstić information content (AvgIpc) is 2.97. The molecule has 0 saturated heterocycles. The zero-order chi connectivity index (χ0) is 19.1. The summed E-state index contributed by atoms with van der Waals surface area (Å²) < 4.78 is 69.9. The van der Waals surface area contributed by atoms with Crippen molar-refractivity contribution in [2.75, 3.05) is 6.26 Å². The van der Waals surface area contributed by atoms with Crippen molar-refractivity contribution in [1.29, 1.82) is 0 Å². The predicted octanol–water partition coefficient (Wildman–Crippen LogP) is 4.47. The molecule has 0 fully saturated rings. The Hall–Kier alpha value is -2.61. The number of halogens is 3. The van der Waals surface area contributed by atoms with Gasteiger partial charge in [0, 0.05) is 11.8 Å². The molecule has 0 atom stereocenters. The van der Waals surface area contributed by atoms with E-state index < -0.39 is 33.0 Å². The summed E-state index contributed by atoms with van der Waals surface area (Å²) in [6.07, 6.45) is 0.707. The molecule has 0 spiro atoms.